The molecule has 0 saturated carbocycles. The minimum atomic E-state index is -0.720. The van der Waals surface area contributed by atoms with Crippen LogP contribution in [0.15, 0.2) is 72.8 Å². The Balaban J connectivity index is 1.42. The van der Waals surface area contributed by atoms with Crippen molar-refractivity contribution in [3.8, 4) is 11.5 Å². The lowest BCUT2D eigenvalue weighted by molar-refractivity contribution is -0.122. The standard InChI is InChI=1S/C25H24N4O4/c1-16(25(31)26-18-6-4-3-5-7-18)33-20-12-13-22-21(15-20)24(29-28-22)27-23(30)14-17-8-10-19(32-2)11-9-17/h3-13,15-16H,14H2,1-2H3,(H,26,31)(H2,27,28,29,30). The van der Waals surface area contributed by atoms with Crippen molar-refractivity contribution in [2.75, 3.05) is 17.7 Å². The van der Waals surface area contributed by atoms with Gasteiger partial charge in [0.25, 0.3) is 5.91 Å². The first kappa shape index (κ1) is 21.9. The number of methoxy groups -OCH3 is 1. The van der Waals surface area contributed by atoms with Crippen LogP contribution in [0.5, 0.6) is 11.5 Å². The number of para-hydroxylation sites is 1. The van der Waals surface area contributed by atoms with Crippen LogP contribution >= 0.6 is 0 Å². The van der Waals surface area contributed by atoms with Crippen LogP contribution in [0, 0.1) is 0 Å². The fourth-order valence-electron chi connectivity index (χ4n) is 3.29. The van der Waals surface area contributed by atoms with Crippen LogP contribution in [0.2, 0.25) is 0 Å². The predicted octanol–water partition coefficient (Wildman–Crippen LogP) is 4.16. The summed E-state index contributed by atoms with van der Waals surface area (Å²) in [5.74, 6) is 1.16. The molecule has 4 rings (SSSR count). The van der Waals surface area contributed by atoms with Crippen molar-refractivity contribution in [1.82, 2.24) is 10.2 Å². The molecular weight excluding hydrogens is 420 g/mol. The number of H-pyrrole nitrogens is 1. The van der Waals surface area contributed by atoms with Gasteiger partial charge in [-0.3, -0.25) is 14.7 Å². The van der Waals surface area contributed by atoms with E-state index in [-0.39, 0.29) is 18.2 Å². The van der Waals surface area contributed by atoms with Crippen molar-refractivity contribution < 1.29 is 19.1 Å². The maximum absolute atomic E-state index is 12.5. The number of carbonyl (C=O) groups is 2. The van der Waals surface area contributed by atoms with Gasteiger partial charge in [-0.1, -0.05) is 30.3 Å². The molecule has 0 radical (unpaired) electrons. The number of fused-ring (bicyclic) bond motifs is 1. The second-order valence-corrected chi connectivity index (χ2v) is 7.47. The largest absolute Gasteiger partial charge is 0.497 e. The molecular formula is C25H24N4O4. The highest BCUT2D eigenvalue weighted by atomic mass is 16.5. The zero-order valence-electron chi connectivity index (χ0n) is 18.3. The van der Waals surface area contributed by atoms with E-state index in [9.17, 15) is 9.59 Å². The molecule has 0 aliphatic carbocycles. The van der Waals surface area contributed by atoms with Crippen LogP contribution in [0.1, 0.15) is 12.5 Å². The monoisotopic (exact) mass is 444 g/mol. The van der Waals surface area contributed by atoms with E-state index in [2.05, 4.69) is 20.8 Å². The summed E-state index contributed by atoms with van der Waals surface area (Å²) in [6.07, 6.45) is -0.520. The number of hydrogen-bond acceptors (Lipinski definition) is 5. The molecule has 0 spiro atoms. The van der Waals surface area contributed by atoms with Gasteiger partial charge in [0.05, 0.1) is 19.0 Å². The molecule has 8 heteroatoms. The third-order valence-corrected chi connectivity index (χ3v) is 5.04. The second-order valence-electron chi connectivity index (χ2n) is 7.47. The minimum Gasteiger partial charge on any atom is -0.497 e. The third-order valence-electron chi connectivity index (χ3n) is 5.04. The minimum absolute atomic E-state index is 0.199. The number of nitrogens with zero attached hydrogens (tertiary/aromatic N) is 1. The molecule has 33 heavy (non-hydrogen) atoms. The molecule has 1 heterocycles. The maximum atomic E-state index is 12.5. The first-order chi connectivity index (χ1) is 16.0. The van der Waals surface area contributed by atoms with E-state index in [0.29, 0.717) is 22.6 Å². The predicted molar refractivity (Wildman–Crippen MR) is 127 cm³/mol. The Labute approximate surface area is 190 Å². The Morgan fingerprint density at radius 1 is 0.970 bits per heavy atom. The third kappa shape index (κ3) is 5.48. The number of benzene rings is 3. The molecule has 4 aromatic rings. The van der Waals surface area contributed by atoms with Crippen molar-refractivity contribution in [1.29, 1.82) is 0 Å². The van der Waals surface area contributed by atoms with E-state index in [0.717, 1.165) is 16.8 Å². The summed E-state index contributed by atoms with van der Waals surface area (Å²) in [5, 5.41) is 13.4. The number of carbonyl (C=O) groups excluding carboxylic acids is 2. The lowest BCUT2D eigenvalue weighted by Gasteiger charge is -2.15. The van der Waals surface area contributed by atoms with Crippen molar-refractivity contribution in [2.45, 2.75) is 19.4 Å². The number of amides is 2. The molecule has 0 aliphatic heterocycles. The molecule has 0 bridgehead atoms. The van der Waals surface area contributed by atoms with Crippen LogP contribution in [0.25, 0.3) is 10.9 Å². The molecule has 3 aromatic carbocycles. The summed E-state index contributed by atoms with van der Waals surface area (Å²) >= 11 is 0. The number of anilines is 2. The van der Waals surface area contributed by atoms with Crippen LogP contribution in [0.3, 0.4) is 0 Å². The Morgan fingerprint density at radius 2 is 1.70 bits per heavy atom. The molecule has 0 fully saturated rings. The average Bonchev–Trinajstić information content (AvgIpc) is 3.22. The first-order valence-corrected chi connectivity index (χ1v) is 10.5. The van der Waals surface area contributed by atoms with Crippen LogP contribution in [0.4, 0.5) is 11.5 Å². The molecule has 3 N–H and O–H groups in total. The topological polar surface area (TPSA) is 105 Å². The summed E-state index contributed by atoms with van der Waals surface area (Å²) in [6.45, 7) is 1.68. The van der Waals surface area contributed by atoms with Gasteiger partial charge in [-0.2, -0.15) is 5.10 Å². The van der Waals surface area contributed by atoms with E-state index in [1.165, 1.54) is 0 Å². The van der Waals surface area contributed by atoms with Gasteiger partial charge in [0.1, 0.15) is 11.5 Å². The molecule has 8 nitrogen and oxygen atoms in total. The molecule has 0 aliphatic rings. The van der Waals surface area contributed by atoms with Gasteiger partial charge in [-0.25, -0.2) is 0 Å². The summed E-state index contributed by atoms with van der Waals surface area (Å²) in [6, 6.07) is 21.8. The van der Waals surface area contributed by atoms with Crippen molar-refractivity contribution in [3.05, 3.63) is 78.4 Å². The molecule has 1 aromatic heterocycles. The van der Waals surface area contributed by atoms with Gasteiger partial charge in [0.2, 0.25) is 5.91 Å². The fraction of sp³-hybridized carbons (Fsp3) is 0.160. The quantitative estimate of drug-likeness (QED) is 0.378. The lowest BCUT2D eigenvalue weighted by atomic mass is 10.1. The van der Waals surface area contributed by atoms with Gasteiger partial charge in [-0.15, -0.1) is 0 Å². The Hall–Kier alpha value is -4.33. The Kier molecular flexibility index (Phi) is 6.54. The molecule has 1 atom stereocenters. The van der Waals surface area contributed by atoms with E-state index in [1.54, 1.807) is 32.2 Å². The Morgan fingerprint density at radius 3 is 2.42 bits per heavy atom. The van der Waals surface area contributed by atoms with Crippen molar-refractivity contribution in [3.63, 3.8) is 0 Å². The number of aromatic nitrogens is 2. The lowest BCUT2D eigenvalue weighted by Crippen LogP contribution is -2.30. The van der Waals surface area contributed by atoms with Gasteiger partial charge in [0.15, 0.2) is 11.9 Å². The van der Waals surface area contributed by atoms with Crippen LogP contribution in [-0.2, 0) is 16.0 Å². The first-order valence-electron chi connectivity index (χ1n) is 10.5. The SMILES string of the molecule is COc1ccc(CC(=O)Nc2n[nH]c3ccc(OC(C)C(=O)Nc4ccccc4)cc23)cc1. The summed E-state index contributed by atoms with van der Waals surface area (Å²) < 4.78 is 11.0. The zero-order chi connectivity index (χ0) is 23.2. The number of ether oxygens (including phenoxy) is 2. The van der Waals surface area contributed by atoms with E-state index in [1.807, 2.05) is 54.6 Å². The number of rotatable bonds is 8. The van der Waals surface area contributed by atoms with E-state index in [4.69, 9.17) is 9.47 Å². The summed E-state index contributed by atoms with van der Waals surface area (Å²) in [7, 11) is 1.60. The smallest absolute Gasteiger partial charge is 0.265 e. The van der Waals surface area contributed by atoms with Gasteiger partial charge in [0, 0.05) is 11.1 Å². The van der Waals surface area contributed by atoms with Crippen LogP contribution < -0.4 is 20.1 Å². The summed E-state index contributed by atoms with van der Waals surface area (Å²) in [5.41, 5.74) is 2.30. The Bertz CT molecular complexity index is 1250. The van der Waals surface area contributed by atoms with E-state index < -0.39 is 6.10 Å². The van der Waals surface area contributed by atoms with Crippen molar-refractivity contribution >= 4 is 34.2 Å². The fourth-order valence-corrected chi connectivity index (χ4v) is 3.29. The maximum Gasteiger partial charge on any atom is 0.265 e. The van der Waals surface area contributed by atoms with E-state index >= 15 is 0 Å². The average molecular weight is 444 g/mol. The zero-order valence-corrected chi connectivity index (χ0v) is 18.3. The summed E-state index contributed by atoms with van der Waals surface area (Å²) in [4.78, 5) is 25.0. The molecule has 2 amide bonds. The molecule has 1 unspecified atom stereocenters. The highest BCUT2D eigenvalue weighted by Gasteiger charge is 2.16. The highest BCUT2D eigenvalue weighted by molar-refractivity contribution is 6.00. The normalized spacial score (nSPS) is 11.6. The molecule has 0 saturated heterocycles. The van der Waals surface area contributed by atoms with Crippen LogP contribution in [-0.4, -0.2) is 35.2 Å². The van der Waals surface area contributed by atoms with Gasteiger partial charge < -0.3 is 20.1 Å². The molecule has 168 valence electrons. The number of hydrogen-bond donors (Lipinski definition) is 3. The second kappa shape index (κ2) is 9.86. The highest BCUT2D eigenvalue weighted by Crippen LogP contribution is 2.26. The van der Waals surface area contributed by atoms with Gasteiger partial charge in [-0.05, 0) is 55.0 Å². The number of aromatic amines is 1. The number of nitrogens with one attached hydrogen (secondary N) is 3. The van der Waals surface area contributed by atoms with Gasteiger partial charge >= 0.3 is 0 Å². The van der Waals surface area contributed by atoms with Crippen molar-refractivity contribution in [2.24, 2.45) is 0 Å².